The zero-order valence-electron chi connectivity index (χ0n) is 11.5. The van der Waals surface area contributed by atoms with Gasteiger partial charge in [-0.05, 0) is 12.1 Å². The van der Waals surface area contributed by atoms with Gasteiger partial charge in [-0.2, -0.15) is 0 Å². The van der Waals surface area contributed by atoms with Gasteiger partial charge in [0, 0.05) is 24.1 Å². The van der Waals surface area contributed by atoms with Gasteiger partial charge in [-0.15, -0.1) is 0 Å². The lowest BCUT2D eigenvalue weighted by Crippen LogP contribution is -2.46. The maximum absolute atomic E-state index is 12.2. The lowest BCUT2D eigenvalue weighted by molar-refractivity contribution is -0.384. The van der Waals surface area contributed by atoms with Crippen molar-refractivity contribution in [2.45, 2.75) is 19.4 Å². The van der Waals surface area contributed by atoms with Gasteiger partial charge in [0.15, 0.2) is 11.8 Å². The van der Waals surface area contributed by atoms with Crippen LogP contribution in [0.3, 0.4) is 0 Å². The van der Waals surface area contributed by atoms with E-state index >= 15 is 0 Å². The molecule has 0 radical (unpaired) electrons. The third-order valence-corrected chi connectivity index (χ3v) is 2.69. The van der Waals surface area contributed by atoms with Gasteiger partial charge >= 0.3 is 5.97 Å². The number of carbonyl (C=O) groups is 3. The lowest BCUT2D eigenvalue weighted by atomic mass is 10.0. The SMILES string of the molecule is CCC(=O)NC(C(=O)OC)C(=O)c1ccc([N+](=O)[O-])cc1. The summed E-state index contributed by atoms with van der Waals surface area (Å²) in [5.74, 6) is -2.08. The van der Waals surface area contributed by atoms with Crippen LogP contribution in [0.2, 0.25) is 0 Å². The zero-order valence-corrected chi connectivity index (χ0v) is 11.5. The molecule has 1 N–H and O–H groups in total. The Morgan fingerprint density at radius 1 is 1.29 bits per heavy atom. The van der Waals surface area contributed by atoms with Crippen LogP contribution in [0, 0.1) is 10.1 Å². The van der Waals surface area contributed by atoms with Crippen LogP contribution in [0.25, 0.3) is 0 Å². The molecule has 0 saturated heterocycles. The fourth-order valence-corrected chi connectivity index (χ4v) is 1.53. The molecule has 112 valence electrons. The number of methoxy groups -OCH3 is 1. The Kier molecular flexibility index (Phi) is 5.53. The highest BCUT2D eigenvalue weighted by atomic mass is 16.6. The number of rotatable bonds is 6. The fourth-order valence-electron chi connectivity index (χ4n) is 1.53. The fraction of sp³-hybridized carbons (Fsp3) is 0.308. The third-order valence-electron chi connectivity index (χ3n) is 2.69. The molecule has 1 atom stereocenters. The van der Waals surface area contributed by atoms with Crippen LogP contribution in [0.5, 0.6) is 0 Å². The molecular formula is C13H14N2O6. The number of ether oxygens (including phenoxy) is 1. The number of nitro benzene ring substituents is 1. The van der Waals surface area contributed by atoms with E-state index in [1.807, 2.05) is 0 Å². The molecule has 8 heteroatoms. The molecule has 0 bridgehead atoms. The maximum Gasteiger partial charge on any atom is 0.336 e. The quantitative estimate of drug-likeness (QED) is 0.273. The van der Waals surface area contributed by atoms with E-state index < -0.39 is 28.6 Å². The number of nitrogens with zero attached hydrogens (tertiary/aromatic N) is 1. The highest BCUT2D eigenvalue weighted by Gasteiger charge is 2.30. The first kappa shape index (κ1) is 16.3. The van der Waals surface area contributed by atoms with Crippen molar-refractivity contribution in [2.24, 2.45) is 0 Å². The van der Waals surface area contributed by atoms with E-state index in [1.54, 1.807) is 6.92 Å². The van der Waals surface area contributed by atoms with Crippen LogP contribution in [-0.2, 0) is 14.3 Å². The second-order valence-electron chi connectivity index (χ2n) is 4.05. The molecule has 0 aliphatic carbocycles. The maximum atomic E-state index is 12.2. The molecule has 0 saturated carbocycles. The Balaban J connectivity index is 3.01. The van der Waals surface area contributed by atoms with E-state index in [0.29, 0.717) is 0 Å². The Morgan fingerprint density at radius 3 is 2.29 bits per heavy atom. The van der Waals surface area contributed by atoms with Crippen molar-refractivity contribution in [3.63, 3.8) is 0 Å². The van der Waals surface area contributed by atoms with E-state index in [9.17, 15) is 24.5 Å². The van der Waals surface area contributed by atoms with Gasteiger partial charge in [0.05, 0.1) is 12.0 Å². The van der Waals surface area contributed by atoms with Crippen molar-refractivity contribution in [2.75, 3.05) is 7.11 Å². The van der Waals surface area contributed by atoms with Crippen molar-refractivity contribution >= 4 is 23.3 Å². The van der Waals surface area contributed by atoms with Crippen LogP contribution >= 0.6 is 0 Å². The summed E-state index contributed by atoms with van der Waals surface area (Å²) in [6, 6.07) is 3.25. The van der Waals surface area contributed by atoms with Crippen molar-refractivity contribution in [1.29, 1.82) is 0 Å². The molecule has 0 aliphatic rings. The molecular weight excluding hydrogens is 280 g/mol. The predicted molar refractivity (Wildman–Crippen MR) is 71.7 cm³/mol. The molecule has 1 aromatic rings. The number of carbonyl (C=O) groups excluding carboxylic acids is 3. The molecule has 1 aromatic carbocycles. The van der Waals surface area contributed by atoms with Crippen LogP contribution in [0.1, 0.15) is 23.7 Å². The molecule has 0 spiro atoms. The van der Waals surface area contributed by atoms with Gasteiger partial charge in [0.25, 0.3) is 5.69 Å². The van der Waals surface area contributed by atoms with Crippen molar-refractivity contribution in [3.8, 4) is 0 Å². The van der Waals surface area contributed by atoms with Gasteiger partial charge in [-0.1, -0.05) is 6.92 Å². The summed E-state index contributed by atoms with van der Waals surface area (Å²) in [7, 11) is 1.09. The van der Waals surface area contributed by atoms with Gasteiger partial charge in [0.1, 0.15) is 0 Å². The molecule has 0 fully saturated rings. The van der Waals surface area contributed by atoms with E-state index in [0.717, 1.165) is 19.2 Å². The van der Waals surface area contributed by atoms with Crippen LogP contribution in [0.15, 0.2) is 24.3 Å². The topological polar surface area (TPSA) is 116 Å². The average molecular weight is 294 g/mol. The van der Waals surface area contributed by atoms with Crippen LogP contribution in [0.4, 0.5) is 5.69 Å². The number of nitrogens with one attached hydrogen (secondary N) is 1. The Bertz CT molecular complexity index is 567. The Morgan fingerprint density at radius 2 is 1.86 bits per heavy atom. The summed E-state index contributed by atoms with van der Waals surface area (Å²) in [6.07, 6.45) is 0.0982. The first-order valence-electron chi connectivity index (χ1n) is 6.06. The number of Topliss-reactive ketones (excluding diaryl/α,β-unsaturated/α-hetero) is 1. The van der Waals surface area contributed by atoms with Crippen LogP contribution < -0.4 is 5.32 Å². The van der Waals surface area contributed by atoms with E-state index in [2.05, 4.69) is 10.1 Å². The van der Waals surface area contributed by atoms with Gasteiger partial charge in [-0.3, -0.25) is 19.7 Å². The largest absolute Gasteiger partial charge is 0.467 e. The molecule has 0 aromatic heterocycles. The Hall–Kier alpha value is -2.77. The standard InChI is InChI=1S/C13H14N2O6/c1-3-10(16)14-11(13(18)21-2)12(17)8-4-6-9(7-5-8)15(19)20/h4-7,11H,3H2,1-2H3,(H,14,16). The number of ketones is 1. The molecule has 0 heterocycles. The number of benzene rings is 1. The number of amides is 1. The van der Waals surface area contributed by atoms with Crippen LogP contribution in [-0.4, -0.2) is 35.7 Å². The van der Waals surface area contributed by atoms with E-state index in [-0.39, 0.29) is 17.7 Å². The van der Waals surface area contributed by atoms with Crippen molar-refractivity contribution < 1.29 is 24.0 Å². The first-order valence-corrected chi connectivity index (χ1v) is 6.06. The number of esters is 1. The summed E-state index contributed by atoms with van der Waals surface area (Å²) < 4.78 is 4.48. The average Bonchev–Trinajstić information content (AvgIpc) is 2.50. The summed E-state index contributed by atoms with van der Waals surface area (Å²) >= 11 is 0. The summed E-state index contributed by atoms with van der Waals surface area (Å²) in [5.41, 5.74) is -0.119. The summed E-state index contributed by atoms with van der Waals surface area (Å²) in [6.45, 7) is 1.57. The summed E-state index contributed by atoms with van der Waals surface area (Å²) in [4.78, 5) is 45.1. The highest BCUT2D eigenvalue weighted by molar-refractivity contribution is 6.13. The normalized spacial score (nSPS) is 11.3. The number of nitro groups is 1. The molecule has 1 amide bonds. The van der Waals surface area contributed by atoms with Crippen molar-refractivity contribution in [3.05, 3.63) is 39.9 Å². The molecule has 21 heavy (non-hydrogen) atoms. The molecule has 1 unspecified atom stereocenters. The monoisotopic (exact) mass is 294 g/mol. The van der Waals surface area contributed by atoms with E-state index in [1.165, 1.54) is 12.1 Å². The van der Waals surface area contributed by atoms with Gasteiger partial charge in [0.2, 0.25) is 5.91 Å². The highest BCUT2D eigenvalue weighted by Crippen LogP contribution is 2.13. The second kappa shape index (κ2) is 7.13. The minimum Gasteiger partial charge on any atom is -0.467 e. The predicted octanol–water partition coefficient (Wildman–Crippen LogP) is 0.845. The van der Waals surface area contributed by atoms with E-state index in [4.69, 9.17) is 0 Å². The third kappa shape index (κ3) is 4.10. The van der Waals surface area contributed by atoms with Crippen molar-refractivity contribution in [1.82, 2.24) is 5.32 Å². The second-order valence-corrected chi connectivity index (χ2v) is 4.05. The lowest BCUT2D eigenvalue weighted by Gasteiger charge is -2.14. The number of hydrogen-bond donors (Lipinski definition) is 1. The molecule has 8 nitrogen and oxygen atoms in total. The zero-order chi connectivity index (χ0) is 16.0. The van der Waals surface area contributed by atoms with Gasteiger partial charge in [-0.25, -0.2) is 4.79 Å². The number of hydrogen-bond acceptors (Lipinski definition) is 6. The van der Waals surface area contributed by atoms with Gasteiger partial charge < -0.3 is 10.1 Å². The number of non-ortho nitro benzene ring substituents is 1. The first-order chi connectivity index (χ1) is 9.90. The summed E-state index contributed by atoms with van der Waals surface area (Å²) in [5, 5.41) is 12.8. The minimum atomic E-state index is -1.47. The smallest absolute Gasteiger partial charge is 0.336 e. The minimum absolute atomic E-state index is 0.0624. The molecule has 0 aliphatic heterocycles. The molecule has 1 rings (SSSR count). The Labute approximate surface area is 120 Å².